The van der Waals surface area contributed by atoms with Gasteiger partial charge in [0.15, 0.2) is 15.3 Å². The number of nitrogens with one attached hydrogen (secondary N) is 1. The first-order valence-corrected chi connectivity index (χ1v) is 12.8. The minimum absolute atomic E-state index is 0.0126. The Morgan fingerprint density at radius 1 is 1.19 bits per heavy atom. The van der Waals surface area contributed by atoms with E-state index in [9.17, 15) is 33.0 Å². The number of carboxylic acid groups (broad SMARTS) is 1. The van der Waals surface area contributed by atoms with Crippen LogP contribution in [0.25, 0.3) is 27.9 Å². The molecule has 1 aromatic carbocycles. The molecule has 10 heteroatoms. The molecule has 1 unspecified atom stereocenters. The van der Waals surface area contributed by atoms with E-state index >= 15 is 0 Å². The molecule has 2 aliphatic carbocycles. The Morgan fingerprint density at radius 2 is 1.97 bits per heavy atom. The molecule has 0 spiro atoms. The fourth-order valence-corrected chi connectivity index (χ4v) is 4.77. The highest BCUT2D eigenvalue weighted by Gasteiger charge is 2.28. The molecule has 4 rings (SSSR count). The van der Waals surface area contributed by atoms with Gasteiger partial charge in [-0.05, 0) is 42.2 Å². The normalized spacial score (nSPS) is 15.8. The van der Waals surface area contributed by atoms with Gasteiger partial charge in [-0.1, -0.05) is 18.7 Å². The van der Waals surface area contributed by atoms with Crippen LogP contribution in [0.4, 0.5) is 0 Å². The van der Waals surface area contributed by atoms with Gasteiger partial charge in [-0.2, -0.15) is 0 Å². The highest BCUT2D eigenvalue weighted by Crippen LogP contribution is 2.42. The number of phenols is 1. The molecule has 1 aromatic rings. The maximum atomic E-state index is 12.3. The summed E-state index contributed by atoms with van der Waals surface area (Å²) < 4.78 is 28.8. The minimum Gasteiger partial charge on any atom is -0.508 e. The van der Waals surface area contributed by atoms with Crippen LogP contribution in [-0.2, 0) is 19.4 Å². The summed E-state index contributed by atoms with van der Waals surface area (Å²) in [5, 5.41) is 23.9. The summed E-state index contributed by atoms with van der Waals surface area (Å²) in [4.78, 5) is 36.5. The lowest BCUT2D eigenvalue weighted by Crippen LogP contribution is -2.30. The average Bonchev–Trinajstić information content (AvgIpc) is 2.82. The number of allylic oxidation sites excluding steroid dienone is 2. The molecular formula is C26H23NO8S. The van der Waals surface area contributed by atoms with Crippen molar-refractivity contribution >= 4 is 38.3 Å². The predicted molar refractivity (Wildman–Crippen MR) is 134 cm³/mol. The van der Waals surface area contributed by atoms with Gasteiger partial charge in [0.1, 0.15) is 17.1 Å². The molecule has 0 fully saturated rings. The molecule has 0 saturated carbocycles. The maximum absolute atomic E-state index is 12.3. The number of hydrogen-bond acceptors (Lipinski definition) is 7. The molecule has 0 aromatic heterocycles. The quantitative estimate of drug-likeness (QED) is 0.392. The number of benzene rings is 2. The van der Waals surface area contributed by atoms with Crippen LogP contribution in [0.3, 0.4) is 0 Å². The molecule has 186 valence electrons. The van der Waals surface area contributed by atoms with E-state index in [-0.39, 0.29) is 46.8 Å². The fraction of sp³-hybridized carbons (Fsp3) is 0.192. The zero-order chi connectivity index (χ0) is 26.0. The fourth-order valence-electron chi connectivity index (χ4n) is 4.21. The number of hydrogen-bond donors (Lipinski definition) is 3. The first kappa shape index (κ1) is 24.9. The number of fused-ring (bicyclic) bond motifs is 2. The van der Waals surface area contributed by atoms with Crippen molar-refractivity contribution in [1.29, 1.82) is 0 Å². The number of carboxylic acids is 1. The van der Waals surface area contributed by atoms with Crippen LogP contribution >= 0.6 is 0 Å². The van der Waals surface area contributed by atoms with Crippen LogP contribution in [0.5, 0.6) is 5.75 Å². The Balaban J connectivity index is 1.68. The third-order valence-corrected chi connectivity index (χ3v) is 7.19. The second-order valence-electron chi connectivity index (χ2n) is 8.40. The molecular weight excluding hydrogens is 486 g/mol. The van der Waals surface area contributed by atoms with E-state index in [1.807, 2.05) is 0 Å². The van der Waals surface area contributed by atoms with Crippen LogP contribution in [0.2, 0.25) is 0 Å². The van der Waals surface area contributed by atoms with Crippen molar-refractivity contribution in [2.24, 2.45) is 5.92 Å². The smallest absolute Gasteiger partial charge is 0.335 e. The summed E-state index contributed by atoms with van der Waals surface area (Å²) in [5.74, 6) is -2.08. The number of sulfone groups is 1. The van der Waals surface area contributed by atoms with E-state index in [1.165, 1.54) is 30.3 Å². The highest BCUT2D eigenvalue weighted by atomic mass is 32.2. The second kappa shape index (κ2) is 9.82. The van der Waals surface area contributed by atoms with E-state index in [4.69, 9.17) is 4.42 Å². The lowest BCUT2D eigenvalue weighted by atomic mass is 9.82. The monoisotopic (exact) mass is 509 g/mol. The number of aliphatic carboxylic acids is 1. The first-order chi connectivity index (χ1) is 17.1. The van der Waals surface area contributed by atoms with E-state index < -0.39 is 27.6 Å². The molecule has 1 aliphatic heterocycles. The van der Waals surface area contributed by atoms with Crippen LogP contribution in [0.1, 0.15) is 18.4 Å². The summed E-state index contributed by atoms with van der Waals surface area (Å²) in [7, 11) is -3.44. The molecule has 0 saturated heterocycles. The number of phenolic OH excluding ortho intramolecular Hbond substituents is 1. The summed E-state index contributed by atoms with van der Waals surface area (Å²) in [6.07, 6.45) is 3.59. The van der Waals surface area contributed by atoms with Crippen LogP contribution in [-0.4, -0.2) is 42.8 Å². The predicted octanol–water partition coefficient (Wildman–Crippen LogP) is 3.08. The van der Waals surface area contributed by atoms with Crippen molar-refractivity contribution < 1.29 is 32.6 Å². The molecule has 1 heterocycles. The Hall–Kier alpha value is -4.18. The van der Waals surface area contributed by atoms with Gasteiger partial charge in [-0.15, -0.1) is 0 Å². The first-order valence-electron chi connectivity index (χ1n) is 11.1. The Kier molecular flexibility index (Phi) is 6.80. The Bertz CT molecular complexity index is 1580. The molecule has 3 N–H and O–H groups in total. The largest absolute Gasteiger partial charge is 0.508 e. The Labute approximate surface area is 206 Å². The summed E-state index contributed by atoms with van der Waals surface area (Å²) in [6.45, 7) is 3.15. The van der Waals surface area contributed by atoms with Crippen molar-refractivity contribution in [1.82, 2.24) is 5.32 Å². The summed E-state index contributed by atoms with van der Waals surface area (Å²) in [5.41, 5.74) is 1.47. The third-order valence-electron chi connectivity index (χ3n) is 5.90. The molecule has 9 nitrogen and oxygen atoms in total. The number of aromatic hydroxyl groups is 1. The topological polar surface area (TPSA) is 151 Å². The second-order valence-corrected chi connectivity index (χ2v) is 10.5. The van der Waals surface area contributed by atoms with Crippen molar-refractivity contribution in [3.05, 3.63) is 81.9 Å². The zero-order valence-electron chi connectivity index (χ0n) is 19.1. The van der Waals surface area contributed by atoms with Crippen molar-refractivity contribution in [3.63, 3.8) is 0 Å². The molecule has 1 amide bonds. The van der Waals surface area contributed by atoms with Gasteiger partial charge in [0, 0.05) is 47.0 Å². The minimum atomic E-state index is -3.44. The average molecular weight is 510 g/mol. The van der Waals surface area contributed by atoms with E-state index in [1.54, 1.807) is 18.2 Å². The zero-order valence-corrected chi connectivity index (χ0v) is 19.9. The van der Waals surface area contributed by atoms with E-state index in [0.717, 1.165) is 5.41 Å². The van der Waals surface area contributed by atoms with Gasteiger partial charge < -0.3 is 19.9 Å². The van der Waals surface area contributed by atoms with Gasteiger partial charge in [-0.25, -0.2) is 13.2 Å². The van der Waals surface area contributed by atoms with E-state index in [2.05, 4.69) is 11.9 Å². The van der Waals surface area contributed by atoms with Crippen LogP contribution < -0.4 is 10.7 Å². The lowest BCUT2D eigenvalue weighted by molar-refractivity contribution is -0.132. The number of carbonyl (C=O) groups excluding carboxylic acids is 1. The van der Waals surface area contributed by atoms with Gasteiger partial charge in [0.2, 0.25) is 5.91 Å². The third kappa shape index (κ3) is 5.23. The lowest BCUT2D eigenvalue weighted by Gasteiger charge is -2.23. The van der Waals surface area contributed by atoms with Crippen molar-refractivity contribution in [2.45, 2.75) is 12.8 Å². The van der Waals surface area contributed by atoms with Crippen molar-refractivity contribution in [3.8, 4) is 17.1 Å². The van der Waals surface area contributed by atoms with Gasteiger partial charge in [0.05, 0.1) is 11.3 Å². The Morgan fingerprint density at radius 3 is 2.69 bits per heavy atom. The SMILES string of the molecule is C=CS(=O)(=O)CCNC(=O)CC1C=C(C(=O)O)C(c2c3ccc(=O)cc-3oc3cc(O)ccc23)=CC1. The number of carbonyl (C=O) groups is 2. The highest BCUT2D eigenvalue weighted by molar-refractivity contribution is 7.94. The van der Waals surface area contributed by atoms with E-state index in [0.29, 0.717) is 28.5 Å². The van der Waals surface area contributed by atoms with Gasteiger partial charge >= 0.3 is 5.97 Å². The molecule has 3 aliphatic rings. The molecule has 36 heavy (non-hydrogen) atoms. The number of rotatable bonds is 8. The van der Waals surface area contributed by atoms with Crippen LogP contribution in [0.15, 0.2) is 75.3 Å². The molecule has 0 bridgehead atoms. The molecule has 0 radical (unpaired) electrons. The summed E-state index contributed by atoms with van der Waals surface area (Å²) in [6, 6.07) is 8.70. The van der Waals surface area contributed by atoms with Crippen LogP contribution in [0, 0.1) is 5.92 Å². The van der Waals surface area contributed by atoms with Gasteiger partial charge in [-0.3, -0.25) is 9.59 Å². The standard InChI is InChI=1S/C26H23NO8S/c1-2-36(33,34)10-9-27-24(30)12-15-3-6-18(21(11-15)26(31)32)25-19-7-4-16(28)13-22(19)35-23-14-17(29)5-8-20(23)25/h2,4-8,11,13-15,28H,1,3,9-10,12H2,(H,27,30)(H,31,32). The van der Waals surface area contributed by atoms with Gasteiger partial charge in [0.25, 0.3) is 0 Å². The number of amides is 1. The van der Waals surface area contributed by atoms with Crippen molar-refractivity contribution in [2.75, 3.05) is 12.3 Å². The summed E-state index contributed by atoms with van der Waals surface area (Å²) >= 11 is 0. The maximum Gasteiger partial charge on any atom is 0.335 e. The molecule has 1 atom stereocenters.